The van der Waals surface area contributed by atoms with Gasteiger partial charge >= 0.3 is 0 Å². The van der Waals surface area contributed by atoms with Crippen molar-refractivity contribution in [2.75, 3.05) is 6.54 Å². The smallest absolute Gasteiger partial charge is 0.256 e. The van der Waals surface area contributed by atoms with Crippen molar-refractivity contribution in [2.24, 2.45) is 11.8 Å². The van der Waals surface area contributed by atoms with Crippen LogP contribution in [-0.2, 0) is 4.79 Å². The van der Waals surface area contributed by atoms with Crippen molar-refractivity contribution in [3.63, 3.8) is 0 Å². The molecule has 2 aromatic carbocycles. The van der Waals surface area contributed by atoms with Gasteiger partial charge in [0.1, 0.15) is 0 Å². The van der Waals surface area contributed by atoms with Gasteiger partial charge in [-0.05, 0) is 78.4 Å². The molecule has 1 saturated carbocycles. The van der Waals surface area contributed by atoms with Gasteiger partial charge in [-0.15, -0.1) is 0 Å². The van der Waals surface area contributed by atoms with Crippen molar-refractivity contribution < 1.29 is 4.79 Å². The molecule has 2 nitrogen and oxygen atoms in total. The molecule has 1 fully saturated rings. The number of carbonyl (C=O) groups is 1. The highest BCUT2D eigenvalue weighted by atomic mass is 35.5. The molecule has 0 saturated heterocycles. The van der Waals surface area contributed by atoms with Crippen molar-refractivity contribution >= 4 is 41.1 Å². The van der Waals surface area contributed by atoms with Crippen LogP contribution in [0.4, 0.5) is 0 Å². The molecule has 0 aromatic heterocycles. The predicted molar refractivity (Wildman–Crippen MR) is 129 cm³/mol. The van der Waals surface area contributed by atoms with E-state index in [-0.39, 0.29) is 5.91 Å². The minimum absolute atomic E-state index is 0.0246. The largest absolute Gasteiger partial charge is 0.278 e. The van der Waals surface area contributed by atoms with Crippen molar-refractivity contribution in [3.05, 3.63) is 87.9 Å². The maximum atomic E-state index is 12.9. The van der Waals surface area contributed by atoms with Crippen molar-refractivity contribution in [1.29, 1.82) is 0 Å². The van der Waals surface area contributed by atoms with E-state index in [9.17, 15) is 4.79 Å². The highest BCUT2D eigenvalue weighted by Gasteiger charge is 2.36. The lowest BCUT2D eigenvalue weighted by molar-refractivity contribution is -0.121. The zero-order chi connectivity index (χ0) is 21.7. The van der Waals surface area contributed by atoms with Crippen molar-refractivity contribution in [3.8, 4) is 0 Å². The van der Waals surface area contributed by atoms with Gasteiger partial charge in [0.15, 0.2) is 0 Å². The summed E-state index contributed by atoms with van der Waals surface area (Å²) < 4.78 is 1.84. The summed E-state index contributed by atoms with van der Waals surface area (Å²) in [6, 6.07) is 15.9. The standard InChI is InChI=1S/C25H27Cl2NOS/c1-17(2)16-28(30-21-7-5-4-6-8-21)25(29)13-18(3)9-10-19-14-22(19)20-11-12-23(26)24(27)15-20/h4-13,15,17,19,22H,14,16H2,1-3H3/t19-,22-/m1/s1. The van der Waals surface area contributed by atoms with Gasteiger partial charge in [0, 0.05) is 17.5 Å². The molecule has 0 bridgehead atoms. The Morgan fingerprint density at radius 2 is 1.90 bits per heavy atom. The number of rotatable bonds is 8. The number of halogens is 2. The molecule has 0 spiro atoms. The maximum Gasteiger partial charge on any atom is 0.256 e. The summed E-state index contributed by atoms with van der Waals surface area (Å²) in [5.74, 6) is 1.38. The monoisotopic (exact) mass is 459 g/mol. The molecule has 5 heteroatoms. The highest BCUT2D eigenvalue weighted by Crippen LogP contribution is 2.49. The molecular formula is C25H27Cl2NOS. The molecule has 3 rings (SSSR count). The van der Waals surface area contributed by atoms with E-state index < -0.39 is 0 Å². The lowest BCUT2D eigenvalue weighted by atomic mass is 10.1. The van der Waals surface area contributed by atoms with Crippen LogP contribution >= 0.6 is 35.1 Å². The van der Waals surface area contributed by atoms with E-state index in [4.69, 9.17) is 23.2 Å². The second kappa shape index (κ2) is 10.6. The average Bonchev–Trinajstić information content (AvgIpc) is 3.48. The number of carbonyl (C=O) groups excluding carboxylic acids is 1. The molecule has 1 aliphatic rings. The number of nitrogens with zero attached hydrogens (tertiary/aromatic N) is 1. The summed E-state index contributed by atoms with van der Waals surface area (Å²) in [4.78, 5) is 13.9. The quantitative estimate of drug-likeness (QED) is 0.228. The number of amides is 1. The van der Waals surface area contributed by atoms with Gasteiger partial charge in [0.2, 0.25) is 0 Å². The molecule has 1 aliphatic carbocycles. The zero-order valence-corrected chi connectivity index (χ0v) is 19.8. The third-order valence-electron chi connectivity index (χ3n) is 4.90. The third-order valence-corrected chi connectivity index (χ3v) is 6.68. The molecule has 158 valence electrons. The first-order valence-corrected chi connectivity index (χ1v) is 11.7. The average molecular weight is 460 g/mol. The minimum Gasteiger partial charge on any atom is -0.278 e. The molecule has 0 radical (unpaired) electrons. The van der Waals surface area contributed by atoms with Crippen LogP contribution in [0.2, 0.25) is 10.0 Å². The Morgan fingerprint density at radius 1 is 1.17 bits per heavy atom. The second-order valence-electron chi connectivity index (χ2n) is 8.12. The van der Waals surface area contributed by atoms with E-state index in [0.29, 0.717) is 34.3 Å². The molecule has 0 unspecified atom stereocenters. The van der Waals surface area contributed by atoms with Crippen LogP contribution in [0.1, 0.15) is 38.7 Å². The molecule has 0 heterocycles. The Kier molecular flexibility index (Phi) is 8.10. The topological polar surface area (TPSA) is 20.3 Å². The number of allylic oxidation sites excluding steroid dienone is 3. The van der Waals surface area contributed by atoms with Gasteiger partial charge < -0.3 is 0 Å². The summed E-state index contributed by atoms with van der Waals surface area (Å²) in [5.41, 5.74) is 2.18. The molecule has 2 aromatic rings. The first kappa shape index (κ1) is 23.0. The Balaban J connectivity index is 1.61. The van der Waals surface area contributed by atoms with Crippen LogP contribution in [-0.4, -0.2) is 16.8 Å². The SMILES string of the molecule is CC(C=C[C@@H]1C[C@H]1c1ccc(Cl)c(Cl)c1)=CC(=O)N(CC(C)C)Sc1ccccc1. The number of benzene rings is 2. The number of hydrogen-bond donors (Lipinski definition) is 0. The molecule has 0 aliphatic heterocycles. The second-order valence-corrected chi connectivity index (χ2v) is 10.0. The fraction of sp³-hybridized carbons (Fsp3) is 0.320. The van der Waals surface area contributed by atoms with Gasteiger partial charge in [-0.1, -0.05) is 73.5 Å². The van der Waals surface area contributed by atoms with Crippen LogP contribution in [0.25, 0.3) is 0 Å². The van der Waals surface area contributed by atoms with E-state index in [1.54, 1.807) is 6.08 Å². The van der Waals surface area contributed by atoms with E-state index in [2.05, 4.69) is 26.0 Å². The van der Waals surface area contributed by atoms with Crippen molar-refractivity contribution in [1.82, 2.24) is 4.31 Å². The summed E-state index contributed by atoms with van der Waals surface area (Å²) in [6.45, 7) is 6.93. The van der Waals surface area contributed by atoms with E-state index >= 15 is 0 Å². The lowest BCUT2D eigenvalue weighted by Gasteiger charge is -2.22. The zero-order valence-electron chi connectivity index (χ0n) is 17.5. The minimum atomic E-state index is 0.0246. The normalized spacial score (nSPS) is 18.8. The first-order chi connectivity index (χ1) is 14.3. The summed E-state index contributed by atoms with van der Waals surface area (Å²) in [7, 11) is 0. The lowest BCUT2D eigenvalue weighted by Crippen LogP contribution is -2.26. The Labute approximate surface area is 194 Å². The van der Waals surface area contributed by atoms with Crippen LogP contribution in [0.3, 0.4) is 0 Å². The number of hydrogen-bond acceptors (Lipinski definition) is 2. The highest BCUT2D eigenvalue weighted by molar-refractivity contribution is 7.97. The first-order valence-electron chi connectivity index (χ1n) is 10.2. The van der Waals surface area contributed by atoms with E-state index in [1.807, 2.05) is 59.8 Å². The van der Waals surface area contributed by atoms with Gasteiger partial charge in [0.25, 0.3) is 5.91 Å². The fourth-order valence-electron chi connectivity index (χ4n) is 3.26. The maximum absolute atomic E-state index is 12.9. The van der Waals surface area contributed by atoms with Crippen LogP contribution < -0.4 is 0 Å². The van der Waals surface area contributed by atoms with Gasteiger partial charge in [-0.2, -0.15) is 0 Å². The van der Waals surface area contributed by atoms with Crippen molar-refractivity contribution in [2.45, 2.75) is 38.0 Å². The van der Waals surface area contributed by atoms with Crippen LogP contribution in [0.15, 0.2) is 77.2 Å². The van der Waals surface area contributed by atoms with Crippen LogP contribution in [0, 0.1) is 11.8 Å². The molecule has 30 heavy (non-hydrogen) atoms. The Bertz CT molecular complexity index is 939. The predicted octanol–water partition coefficient (Wildman–Crippen LogP) is 7.79. The summed E-state index contributed by atoms with van der Waals surface area (Å²) >= 11 is 13.6. The van der Waals surface area contributed by atoms with E-state index in [0.717, 1.165) is 16.9 Å². The molecular weight excluding hydrogens is 433 g/mol. The molecule has 2 atom stereocenters. The van der Waals surface area contributed by atoms with Gasteiger partial charge in [-0.3, -0.25) is 9.10 Å². The third kappa shape index (κ3) is 6.66. The molecule has 0 N–H and O–H groups in total. The molecule has 1 amide bonds. The van der Waals surface area contributed by atoms with Gasteiger partial charge in [0.05, 0.1) is 10.0 Å². The Hall–Kier alpha value is -1.68. The Morgan fingerprint density at radius 3 is 2.57 bits per heavy atom. The fourth-order valence-corrected chi connectivity index (χ4v) is 4.61. The van der Waals surface area contributed by atoms with E-state index in [1.165, 1.54) is 17.5 Å². The van der Waals surface area contributed by atoms with Gasteiger partial charge in [-0.25, -0.2) is 0 Å². The summed E-state index contributed by atoms with van der Waals surface area (Å²) in [6.07, 6.45) is 7.08. The summed E-state index contributed by atoms with van der Waals surface area (Å²) in [5, 5.41) is 1.19. The van der Waals surface area contributed by atoms with Crippen LogP contribution in [0.5, 0.6) is 0 Å².